The number of alkyl halides is 3. The maximum Gasteiger partial charge on any atom is 0.417 e. The standard InChI is InChI=1S/C14H17F3N2O5/c1-23-5-3-4-18-13(22)19-12(21)8-6-10(20)11(24-2)7-9(8)14(15,16)17/h6-7,20H,3-5H2,1-2H3,(H2,18,19,21,22). The summed E-state index contributed by atoms with van der Waals surface area (Å²) in [5.74, 6) is -2.40. The van der Waals surface area contributed by atoms with E-state index in [2.05, 4.69) is 10.1 Å². The zero-order chi connectivity index (χ0) is 18.3. The number of carbonyl (C=O) groups excluding carboxylic acids is 2. The molecule has 0 bridgehead atoms. The quantitative estimate of drug-likeness (QED) is 0.681. The summed E-state index contributed by atoms with van der Waals surface area (Å²) in [6, 6.07) is 0.121. The highest BCUT2D eigenvalue weighted by Gasteiger charge is 2.37. The monoisotopic (exact) mass is 350 g/mol. The van der Waals surface area contributed by atoms with Gasteiger partial charge in [0.15, 0.2) is 11.5 Å². The Hall–Kier alpha value is -2.49. The minimum absolute atomic E-state index is 0.174. The van der Waals surface area contributed by atoms with E-state index in [0.29, 0.717) is 25.2 Å². The van der Waals surface area contributed by atoms with Gasteiger partial charge in [0, 0.05) is 20.3 Å². The summed E-state index contributed by atoms with van der Waals surface area (Å²) in [6.45, 7) is 0.547. The van der Waals surface area contributed by atoms with Crippen molar-refractivity contribution in [2.45, 2.75) is 12.6 Å². The van der Waals surface area contributed by atoms with Crippen LogP contribution in [0.4, 0.5) is 18.0 Å². The molecule has 10 heteroatoms. The predicted molar refractivity (Wildman–Crippen MR) is 77.0 cm³/mol. The Balaban J connectivity index is 2.93. The van der Waals surface area contributed by atoms with Crippen LogP contribution in [0.15, 0.2) is 12.1 Å². The summed E-state index contributed by atoms with van der Waals surface area (Å²) in [5, 5.41) is 13.6. The van der Waals surface area contributed by atoms with E-state index in [0.717, 1.165) is 7.11 Å². The van der Waals surface area contributed by atoms with E-state index in [-0.39, 0.29) is 6.54 Å². The number of aromatic hydroxyl groups is 1. The van der Waals surface area contributed by atoms with Crippen molar-refractivity contribution in [1.29, 1.82) is 0 Å². The maximum absolute atomic E-state index is 13.0. The largest absolute Gasteiger partial charge is 0.504 e. The number of hydrogen-bond donors (Lipinski definition) is 3. The number of methoxy groups -OCH3 is 2. The summed E-state index contributed by atoms with van der Waals surface area (Å²) in [4.78, 5) is 23.4. The first kappa shape index (κ1) is 19.6. The van der Waals surface area contributed by atoms with Crippen LogP contribution in [0.3, 0.4) is 0 Å². The van der Waals surface area contributed by atoms with E-state index in [1.165, 1.54) is 7.11 Å². The van der Waals surface area contributed by atoms with E-state index in [4.69, 9.17) is 4.74 Å². The van der Waals surface area contributed by atoms with Gasteiger partial charge in [0.25, 0.3) is 5.91 Å². The Morgan fingerprint density at radius 3 is 2.46 bits per heavy atom. The highest BCUT2D eigenvalue weighted by Crippen LogP contribution is 2.38. The minimum atomic E-state index is -4.87. The van der Waals surface area contributed by atoms with Crippen molar-refractivity contribution in [2.24, 2.45) is 0 Å². The van der Waals surface area contributed by atoms with Gasteiger partial charge in [0.2, 0.25) is 0 Å². The van der Waals surface area contributed by atoms with Crippen molar-refractivity contribution in [3.8, 4) is 11.5 Å². The number of urea groups is 1. The van der Waals surface area contributed by atoms with Crippen LogP contribution in [-0.2, 0) is 10.9 Å². The third-order valence-electron chi connectivity index (χ3n) is 2.91. The Bertz CT molecular complexity index is 605. The molecule has 0 radical (unpaired) electrons. The Labute approximate surface area is 135 Å². The number of halogens is 3. The molecule has 0 atom stereocenters. The van der Waals surface area contributed by atoms with Crippen molar-refractivity contribution in [3.05, 3.63) is 23.3 Å². The molecule has 3 N–H and O–H groups in total. The molecule has 0 spiro atoms. The first-order valence-corrected chi connectivity index (χ1v) is 6.77. The molecule has 0 aromatic heterocycles. The topological polar surface area (TPSA) is 96.9 Å². The summed E-state index contributed by atoms with van der Waals surface area (Å²) in [7, 11) is 2.54. The van der Waals surface area contributed by atoms with Crippen LogP contribution >= 0.6 is 0 Å². The molecule has 0 saturated carbocycles. The smallest absolute Gasteiger partial charge is 0.417 e. The molecule has 0 aliphatic heterocycles. The molecule has 7 nitrogen and oxygen atoms in total. The van der Waals surface area contributed by atoms with Gasteiger partial charge in [0.05, 0.1) is 18.2 Å². The van der Waals surface area contributed by atoms with Crippen molar-refractivity contribution in [3.63, 3.8) is 0 Å². The lowest BCUT2D eigenvalue weighted by Gasteiger charge is -2.15. The van der Waals surface area contributed by atoms with E-state index in [9.17, 15) is 27.9 Å². The minimum Gasteiger partial charge on any atom is -0.504 e. The molecule has 134 valence electrons. The Kier molecular flexibility index (Phi) is 6.83. The Morgan fingerprint density at radius 2 is 1.92 bits per heavy atom. The van der Waals surface area contributed by atoms with Crippen LogP contribution in [0.2, 0.25) is 0 Å². The Morgan fingerprint density at radius 1 is 1.25 bits per heavy atom. The molecule has 0 saturated heterocycles. The van der Waals surface area contributed by atoms with Crippen molar-refractivity contribution < 1.29 is 37.3 Å². The van der Waals surface area contributed by atoms with Crippen molar-refractivity contribution >= 4 is 11.9 Å². The molecule has 3 amide bonds. The fourth-order valence-electron chi connectivity index (χ4n) is 1.79. The molecule has 1 rings (SSSR count). The molecule has 24 heavy (non-hydrogen) atoms. The second kappa shape index (κ2) is 8.39. The van der Waals surface area contributed by atoms with Gasteiger partial charge in [-0.2, -0.15) is 13.2 Å². The van der Waals surface area contributed by atoms with Crippen LogP contribution in [-0.4, -0.2) is 44.4 Å². The molecule has 0 heterocycles. The number of phenols is 1. The lowest BCUT2D eigenvalue weighted by atomic mass is 10.0. The molecule has 0 unspecified atom stereocenters. The van der Waals surface area contributed by atoms with Crippen LogP contribution in [0.25, 0.3) is 0 Å². The SMILES string of the molecule is COCCCNC(=O)NC(=O)c1cc(O)c(OC)cc1C(F)(F)F. The number of rotatable bonds is 6. The fourth-order valence-corrected chi connectivity index (χ4v) is 1.79. The molecule has 1 aromatic rings. The van der Waals surface area contributed by atoms with Gasteiger partial charge in [-0.15, -0.1) is 0 Å². The first-order valence-electron chi connectivity index (χ1n) is 6.77. The van der Waals surface area contributed by atoms with Crippen LogP contribution in [0.5, 0.6) is 11.5 Å². The van der Waals surface area contributed by atoms with E-state index < -0.39 is 40.7 Å². The zero-order valence-electron chi connectivity index (χ0n) is 13.0. The average Bonchev–Trinajstić information content (AvgIpc) is 2.50. The number of benzene rings is 1. The van der Waals surface area contributed by atoms with Crippen LogP contribution in [0, 0.1) is 0 Å². The molecular weight excluding hydrogens is 333 g/mol. The second-order valence-corrected chi connectivity index (χ2v) is 4.62. The number of hydrogen-bond acceptors (Lipinski definition) is 5. The van der Waals surface area contributed by atoms with Crippen molar-refractivity contribution in [2.75, 3.05) is 27.4 Å². The molecule has 0 aliphatic rings. The van der Waals surface area contributed by atoms with Crippen LogP contribution < -0.4 is 15.4 Å². The second-order valence-electron chi connectivity index (χ2n) is 4.62. The van der Waals surface area contributed by atoms with Gasteiger partial charge >= 0.3 is 12.2 Å². The number of carbonyl (C=O) groups is 2. The van der Waals surface area contributed by atoms with E-state index in [1.54, 1.807) is 5.32 Å². The predicted octanol–water partition coefficient (Wildman–Crippen LogP) is 1.90. The molecular formula is C14H17F3N2O5. The molecule has 0 fully saturated rings. The van der Waals surface area contributed by atoms with Gasteiger partial charge in [-0.3, -0.25) is 10.1 Å². The maximum atomic E-state index is 13.0. The fraction of sp³-hybridized carbons (Fsp3) is 0.429. The molecule has 0 aliphatic carbocycles. The zero-order valence-corrected chi connectivity index (χ0v) is 13.0. The number of amides is 3. The third kappa shape index (κ3) is 5.30. The van der Waals surface area contributed by atoms with Crippen LogP contribution in [0.1, 0.15) is 22.3 Å². The van der Waals surface area contributed by atoms with Gasteiger partial charge in [-0.25, -0.2) is 4.79 Å². The average molecular weight is 350 g/mol. The first-order chi connectivity index (χ1) is 11.2. The van der Waals surface area contributed by atoms with Gasteiger partial charge < -0.3 is 19.9 Å². The third-order valence-corrected chi connectivity index (χ3v) is 2.91. The summed E-state index contributed by atoms with van der Waals surface area (Å²) >= 11 is 0. The lowest BCUT2D eigenvalue weighted by Crippen LogP contribution is -2.40. The van der Waals surface area contributed by atoms with Gasteiger partial charge in [0.1, 0.15) is 0 Å². The number of ether oxygens (including phenoxy) is 2. The highest BCUT2D eigenvalue weighted by molar-refractivity contribution is 6.05. The van der Waals surface area contributed by atoms with Gasteiger partial charge in [-0.05, 0) is 18.6 Å². The van der Waals surface area contributed by atoms with E-state index >= 15 is 0 Å². The van der Waals surface area contributed by atoms with Gasteiger partial charge in [-0.1, -0.05) is 0 Å². The summed E-state index contributed by atoms with van der Waals surface area (Å²) in [6.07, 6.45) is -4.40. The number of nitrogens with one attached hydrogen (secondary N) is 2. The lowest BCUT2D eigenvalue weighted by molar-refractivity contribution is -0.138. The number of phenolic OH excluding ortho intramolecular Hbond substituents is 1. The highest BCUT2D eigenvalue weighted by atomic mass is 19.4. The summed E-state index contributed by atoms with van der Waals surface area (Å²) < 4.78 is 48.5. The molecule has 1 aromatic carbocycles. The summed E-state index contributed by atoms with van der Waals surface area (Å²) in [5.41, 5.74) is -2.23. The normalized spacial score (nSPS) is 11.0. The van der Waals surface area contributed by atoms with E-state index in [1.807, 2.05) is 0 Å². The number of imide groups is 1. The van der Waals surface area contributed by atoms with Crippen molar-refractivity contribution in [1.82, 2.24) is 10.6 Å².